The Morgan fingerprint density at radius 1 is 1.26 bits per heavy atom. The van der Waals surface area contributed by atoms with Crippen molar-refractivity contribution < 1.29 is 17.5 Å². The molecule has 0 unspecified atom stereocenters. The molecule has 0 N–H and O–H groups in total. The Bertz CT molecular complexity index is 527. The van der Waals surface area contributed by atoms with E-state index in [2.05, 4.69) is 0 Å². The molecule has 0 heterocycles. The van der Waals surface area contributed by atoms with Gasteiger partial charge in [-0.3, -0.25) is 14.3 Å². The maximum absolute atomic E-state index is 11.7. The molecule has 0 atom stereocenters. The molecule has 0 aliphatic rings. The molecule has 0 bridgehead atoms. The average Bonchev–Trinajstić information content (AvgIpc) is 2.34. The standard InChI is InChI=1S/C12H17NO5S/c1-2-3-6-9-18-19(16,17)10-11-7-4-5-8-12(11)13(14)15/h4-5,7-8H,2-3,6,9-10H2,1H3. The van der Waals surface area contributed by atoms with Gasteiger partial charge in [0.2, 0.25) is 0 Å². The quantitative estimate of drug-likeness (QED) is 0.317. The third-order valence-corrected chi connectivity index (χ3v) is 3.72. The highest BCUT2D eigenvalue weighted by molar-refractivity contribution is 7.85. The summed E-state index contributed by atoms with van der Waals surface area (Å²) in [6.45, 7) is 2.12. The van der Waals surface area contributed by atoms with Crippen molar-refractivity contribution >= 4 is 15.8 Å². The van der Waals surface area contributed by atoms with Crippen LogP contribution in [0.2, 0.25) is 0 Å². The van der Waals surface area contributed by atoms with Crippen molar-refractivity contribution in [2.75, 3.05) is 6.61 Å². The van der Waals surface area contributed by atoms with Gasteiger partial charge in [-0.1, -0.05) is 38.0 Å². The highest BCUT2D eigenvalue weighted by atomic mass is 32.2. The third-order valence-electron chi connectivity index (χ3n) is 2.53. The minimum Gasteiger partial charge on any atom is -0.270 e. The molecule has 1 rings (SSSR count). The SMILES string of the molecule is CCCCCOS(=O)(=O)Cc1ccccc1[N+](=O)[O-]. The van der Waals surface area contributed by atoms with E-state index in [-0.39, 0.29) is 17.9 Å². The van der Waals surface area contributed by atoms with E-state index in [1.807, 2.05) is 6.92 Å². The van der Waals surface area contributed by atoms with Crippen LogP contribution >= 0.6 is 0 Å². The zero-order chi connectivity index (χ0) is 14.3. The van der Waals surface area contributed by atoms with Crippen LogP contribution in [0.5, 0.6) is 0 Å². The summed E-state index contributed by atoms with van der Waals surface area (Å²) >= 11 is 0. The zero-order valence-corrected chi connectivity index (χ0v) is 11.6. The fourth-order valence-corrected chi connectivity index (χ4v) is 2.66. The van der Waals surface area contributed by atoms with Crippen LogP contribution in [0.1, 0.15) is 31.7 Å². The van der Waals surface area contributed by atoms with Crippen LogP contribution < -0.4 is 0 Å². The van der Waals surface area contributed by atoms with E-state index >= 15 is 0 Å². The third kappa shape index (κ3) is 5.35. The first-order valence-corrected chi connectivity index (χ1v) is 7.63. The monoisotopic (exact) mass is 287 g/mol. The normalized spacial score (nSPS) is 11.4. The molecule has 6 nitrogen and oxygen atoms in total. The van der Waals surface area contributed by atoms with Gasteiger partial charge in [0.25, 0.3) is 15.8 Å². The molecular weight excluding hydrogens is 270 g/mol. The Kier molecular flexibility index (Phi) is 5.91. The number of benzene rings is 1. The Morgan fingerprint density at radius 3 is 2.58 bits per heavy atom. The van der Waals surface area contributed by atoms with Gasteiger partial charge in [0.05, 0.1) is 11.5 Å². The molecule has 0 saturated heterocycles. The van der Waals surface area contributed by atoms with Crippen LogP contribution in [-0.2, 0) is 20.1 Å². The number of unbranched alkanes of at least 4 members (excludes halogenated alkanes) is 2. The summed E-state index contributed by atoms with van der Waals surface area (Å²) in [5.41, 5.74) is -0.0637. The molecule has 0 amide bonds. The predicted molar refractivity (Wildman–Crippen MR) is 71.2 cm³/mol. The number of nitro benzene ring substituents is 1. The Hall–Kier alpha value is -1.47. The molecule has 0 aromatic heterocycles. The first-order chi connectivity index (χ1) is 8.96. The summed E-state index contributed by atoms with van der Waals surface area (Å²) in [4.78, 5) is 10.2. The average molecular weight is 287 g/mol. The molecule has 0 aliphatic heterocycles. The maximum Gasteiger partial charge on any atom is 0.273 e. The van der Waals surface area contributed by atoms with Gasteiger partial charge in [0.15, 0.2) is 0 Å². The highest BCUT2D eigenvalue weighted by Gasteiger charge is 2.20. The van der Waals surface area contributed by atoms with Crippen molar-refractivity contribution in [2.45, 2.75) is 31.9 Å². The molecule has 19 heavy (non-hydrogen) atoms. The summed E-state index contributed by atoms with van der Waals surface area (Å²) in [5.74, 6) is -0.476. The van der Waals surface area contributed by atoms with Crippen molar-refractivity contribution in [1.29, 1.82) is 0 Å². The van der Waals surface area contributed by atoms with Crippen molar-refractivity contribution in [3.05, 3.63) is 39.9 Å². The minimum atomic E-state index is -3.78. The second-order valence-corrected chi connectivity index (χ2v) is 5.76. The lowest BCUT2D eigenvalue weighted by Gasteiger charge is -2.06. The number of nitrogens with zero attached hydrogens (tertiary/aromatic N) is 1. The van der Waals surface area contributed by atoms with E-state index in [0.29, 0.717) is 6.42 Å². The molecule has 0 radical (unpaired) electrons. The second kappa shape index (κ2) is 7.20. The zero-order valence-electron chi connectivity index (χ0n) is 10.7. The second-order valence-electron chi connectivity index (χ2n) is 4.12. The van der Waals surface area contributed by atoms with E-state index in [1.54, 1.807) is 6.07 Å². The Labute approximate surface area is 112 Å². The van der Waals surface area contributed by atoms with Crippen LogP contribution in [0.4, 0.5) is 5.69 Å². The topological polar surface area (TPSA) is 86.5 Å². The van der Waals surface area contributed by atoms with Crippen LogP contribution in [0.15, 0.2) is 24.3 Å². The summed E-state index contributed by atoms with van der Waals surface area (Å²) in [5, 5.41) is 10.8. The number of para-hydroxylation sites is 1. The van der Waals surface area contributed by atoms with E-state index in [9.17, 15) is 18.5 Å². The predicted octanol–water partition coefficient (Wildman–Crippen LogP) is 2.63. The molecule has 0 aliphatic carbocycles. The van der Waals surface area contributed by atoms with E-state index in [1.165, 1.54) is 18.2 Å². The van der Waals surface area contributed by atoms with Crippen LogP contribution in [0.3, 0.4) is 0 Å². The lowest BCUT2D eigenvalue weighted by atomic mass is 10.2. The smallest absolute Gasteiger partial charge is 0.270 e. The van der Waals surface area contributed by atoms with E-state index < -0.39 is 20.8 Å². The van der Waals surface area contributed by atoms with Gasteiger partial charge >= 0.3 is 0 Å². The van der Waals surface area contributed by atoms with Gasteiger partial charge in [-0.25, -0.2) is 0 Å². The number of hydrogen-bond acceptors (Lipinski definition) is 5. The van der Waals surface area contributed by atoms with Crippen LogP contribution in [-0.4, -0.2) is 19.9 Å². The number of nitro groups is 1. The van der Waals surface area contributed by atoms with Crippen molar-refractivity contribution in [3.63, 3.8) is 0 Å². The van der Waals surface area contributed by atoms with Crippen LogP contribution in [0.25, 0.3) is 0 Å². The van der Waals surface area contributed by atoms with Crippen LogP contribution in [0, 0.1) is 10.1 Å². The molecule has 106 valence electrons. The fraction of sp³-hybridized carbons (Fsp3) is 0.500. The van der Waals surface area contributed by atoms with Gasteiger partial charge in [-0.05, 0) is 6.42 Å². The van der Waals surface area contributed by atoms with Gasteiger partial charge < -0.3 is 0 Å². The highest BCUT2D eigenvalue weighted by Crippen LogP contribution is 2.20. The molecule has 7 heteroatoms. The lowest BCUT2D eigenvalue weighted by Crippen LogP contribution is -2.11. The molecule has 0 fully saturated rings. The first-order valence-electron chi connectivity index (χ1n) is 6.05. The summed E-state index contributed by atoms with van der Waals surface area (Å²) < 4.78 is 28.2. The summed E-state index contributed by atoms with van der Waals surface area (Å²) in [6, 6.07) is 5.76. The van der Waals surface area contributed by atoms with E-state index in [0.717, 1.165) is 12.8 Å². The van der Waals surface area contributed by atoms with Gasteiger partial charge in [-0.15, -0.1) is 0 Å². The van der Waals surface area contributed by atoms with Crippen molar-refractivity contribution in [2.24, 2.45) is 0 Å². The maximum atomic E-state index is 11.7. The van der Waals surface area contributed by atoms with Gasteiger partial charge in [-0.2, -0.15) is 8.42 Å². The first kappa shape index (κ1) is 15.6. The molecule has 1 aromatic carbocycles. The van der Waals surface area contributed by atoms with Gasteiger partial charge in [0.1, 0.15) is 5.75 Å². The van der Waals surface area contributed by atoms with Crippen molar-refractivity contribution in [1.82, 2.24) is 0 Å². The van der Waals surface area contributed by atoms with E-state index in [4.69, 9.17) is 4.18 Å². The summed E-state index contributed by atoms with van der Waals surface area (Å²) in [6.07, 6.45) is 2.52. The molecular formula is C12H17NO5S. The minimum absolute atomic E-state index is 0.122. The Morgan fingerprint density at radius 2 is 1.95 bits per heavy atom. The number of hydrogen-bond donors (Lipinski definition) is 0. The molecule has 1 aromatic rings. The summed E-state index contributed by atoms with van der Waals surface area (Å²) in [7, 11) is -3.78. The molecule has 0 saturated carbocycles. The fourth-order valence-electron chi connectivity index (χ4n) is 1.58. The van der Waals surface area contributed by atoms with Crippen molar-refractivity contribution in [3.8, 4) is 0 Å². The Balaban J connectivity index is 2.70. The largest absolute Gasteiger partial charge is 0.273 e. The molecule has 0 spiro atoms. The lowest BCUT2D eigenvalue weighted by molar-refractivity contribution is -0.385. The van der Waals surface area contributed by atoms with Gasteiger partial charge in [0, 0.05) is 11.6 Å². The number of rotatable bonds is 8.